The summed E-state index contributed by atoms with van der Waals surface area (Å²) in [5.74, 6) is 0. The number of hydrogen-bond acceptors (Lipinski definition) is 5. The van der Waals surface area contributed by atoms with Gasteiger partial charge >= 0.3 is 0 Å². The predicted octanol–water partition coefficient (Wildman–Crippen LogP) is 3.19. The van der Waals surface area contributed by atoms with Crippen LogP contribution in [0.2, 0.25) is 0 Å². The van der Waals surface area contributed by atoms with Gasteiger partial charge in [-0.25, -0.2) is 9.97 Å². The first-order chi connectivity index (χ1) is 10.9. The molecule has 0 radical (unpaired) electrons. The normalized spacial score (nSPS) is 16.2. The fraction of sp³-hybridized carbons (Fsp3) is 0.294. The van der Waals surface area contributed by atoms with Gasteiger partial charge in [0.25, 0.3) is 0 Å². The number of rotatable bonds is 3. The fourth-order valence-electron chi connectivity index (χ4n) is 2.72. The van der Waals surface area contributed by atoms with Gasteiger partial charge in [0.2, 0.25) is 0 Å². The van der Waals surface area contributed by atoms with Gasteiger partial charge in [-0.3, -0.25) is 4.90 Å². The highest BCUT2D eigenvalue weighted by molar-refractivity contribution is 7.22. The molecule has 1 saturated heterocycles. The van der Waals surface area contributed by atoms with E-state index in [-0.39, 0.29) is 0 Å². The third kappa shape index (κ3) is 2.88. The average Bonchev–Trinajstić information content (AvgIpc) is 3.00. The lowest BCUT2D eigenvalue weighted by atomic mass is 10.1. The zero-order valence-electron chi connectivity index (χ0n) is 12.2. The Morgan fingerprint density at radius 3 is 2.73 bits per heavy atom. The summed E-state index contributed by atoms with van der Waals surface area (Å²) in [5, 5.41) is 0. The van der Waals surface area contributed by atoms with E-state index in [1.165, 1.54) is 16.0 Å². The molecular weight excluding hydrogens is 294 g/mol. The fourth-order valence-corrected chi connectivity index (χ4v) is 3.71. The molecule has 0 spiro atoms. The smallest absolute Gasteiger partial charge is 0.116 e. The summed E-state index contributed by atoms with van der Waals surface area (Å²) >= 11 is 1.74. The summed E-state index contributed by atoms with van der Waals surface area (Å²) < 4.78 is 6.53. The summed E-state index contributed by atoms with van der Waals surface area (Å²) in [6.07, 6.45) is 3.48. The van der Waals surface area contributed by atoms with Crippen molar-refractivity contribution in [2.24, 2.45) is 0 Å². The molecule has 0 amide bonds. The molecule has 0 atom stereocenters. The van der Waals surface area contributed by atoms with Crippen molar-refractivity contribution >= 4 is 21.6 Å². The van der Waals surface area contributed by atoms with Crippen molar-refractivity contribution in [2.45, 2.75) is 6.54 Å². The number of aromatic nitrogens is 2. The lowest BCUT2D eigenvalue weighted by Crippen LogP contribution is -2.35. The first-order valence-corrected chi connectivity index (χ1v) is 8.29. The van der Waals surface area contributed by atoms with Gasteiger partial charge in [0, 0.05) is 30.7 Å². The molecule has 0 N–H and O–H groups in total. The molecule has 2 aromatic heterocycles. The van der Waals surface area contributed by atoms with Crippen molar-refractivity contribution in [3.63, 3.8) is 0 Å². The number of nitrogens with zero attached hydrogens (tertiary/aromatic N) is 3. The number of ether oxygens (including phenoxy) is 1. The quantitative estimate of drug-likeness (QED) is 0.744. The molecule has 3 heterocycles. The van der Waals surface area contributed by atoms with E-state index in [4.69, 9.17) is 4.74 Å². The lowest BCUT2D eigenvalue weighted by molar-refractivity contribution is 0.0342. The molecular formula is C17H17N3OS. The van der Waals surface area contributed by atoms with Gasteiger partial charge in [0.05, 0.1) is 23.4 Å². The average molecular weight is 311 g/mol. The van der Waals surface area contributed by atoms with Crippen LogP contribution >= 0.6 is 11.3 Å². The van der Waals surface area contributed by atoms with E-state index in [0.717, 1.165) is 43.1 Å². The zero-order chi connectivity index (χ0) is 14.8. The predicted molar refractivity (Wildman–Crippen MR) is 88.9 cm³/mol. The Hall–Kier alpha value is -1.82. The Morgan fingerprint density at radius 2 is 1.95 bits per heavy atom. The SMILES string of the molecule is c1ncc2sc(-c3ccc(CN4CCOCC4)cc3)cc2n1. The Morgan fingerprint density at radius 1 is 1.14 bits per heavy atom. The molecule has 1 fully saturated rings. The number of morpholine rings is 1. The largest absolute Gasteiger partial charge is 0.379 e. The van der Waals surface area contributed by atoms with Gasteiger partial charge in [-0.2, -0.15) is 0 Å². The lowest BCUT2D eigenvalue weighted by Gasteiger charge is -2.26. The third-order valence-corrected chi connectivity index (χ3v) is 5.05. The second-order valence-corrected chi connectivity index (χ2v) is 6.55. The van der Waals surface area contributed by atoms with Crippen LogP contribution in [0.4, 0.5) is 0 Å². The molecule has 0 aliphatic carbocycles. The zero-order valence-corrected chi connectivity index (χ0v) is 13.1. The van der Waals surface area contributed by atoms with Crippen LogP contribution < -0.4 is 0 Å². The van der Waals surface area contributed by atoms with E-state index in [0.29, 0.717) is 0 Å². The highest BCUT2D eigenvalue weighted by Gasteiger charge is 2.11. The molecule has 1 aliphatic heterocycles. The summed E-state index contributed by atoms with van der Waals surface area (Å²) in [6.45, 7) is 4.75. The number of thiophene rings is 1. The molecule has 5 heteroatoms. The monoisotopic (exact) mass is 311 g/mol. The van der Waals surface area contributed by atoms with E-state index in [2.05, 4.69) is 45.2 Å². The van der Waals surface area contributed by atoms with Crippen LogP contribution in [0, 0.1) is 0 Å². The molecule has 0 bridgehead atoms. The summed E-state index contributed by atoms with van der Waals surface area (Å²) in [7, 11) is 0. The van der Waals surface area contributed by atoms with E-state index in [9.17, 15) is 0 Å². The molecule has 0 saturated carbocycles. The molecule has 4 rings (SSSR count). The molecule has 112 valence electrons. The van der Waals surface area contributed by atoms with Crippen LogP contribution in [0.1, 0.15) is 5.56 Å². The minimum Gasteiger partial charge on any atom is -0.379 e. The topological polar surface area (TPSA) is 38.2 Å². The molecule has 1 aliphatic rings. The van der Waals surface area contributed by atoms with Gasteiger partial charge in [-0.05, 0) is 17.2 Å². The van der Waals surface area contributed by atoms with Crippen molar-refractivity contribution in [1.29, 1.82) is 0 Å². The Balaban J connectivity index is 1.53. The maximum absolute atomic E-state index is 5.39. The van der Waals surface area contributed by atoms with Crippen molar-refractivity contribution in [3.05, 3.63) is 48.4 Å². The Labute approximate surface area is 133 Å². The standard InChI is InChI=1S/C17H17N3OS/c1-3-14(16-9-15-17(22-16)10-18-12-19-15)4-2-13(1)11-20-5-7-21-8-6-20/h1-4,9-10,12H,5-8,11H2. The van der Waals surface area contributed by atoms with Gasteiger partial charge in [-0.1, -0.05) is 24.3 Å². The second kappa shape index (κ2) is 6.12. The molecule has 0 unspecified atom stereocenters. The van der Waals surface area contributed by atoms with Crippen molar-refractivity contribution in [1.82, 2.24) is 14.9 Å². The van der Waals surface area contributed by atoms with Gasteiger partial charge in [0.15, 0.2) is 0 Å². The molecule has 22 heavy (non-hydrogen) atoms. The minimum atomic E-state index is 0.848. The van der Waals surface area contributed by atoms with Crippen LogP contribution in [0.3, 0.4) is 0 Å². The maximum Gasteiger partial charge on any atom is 0.116 e. The van der Waals surface area contributed by atoms with Crippen molar-refractivity contribution in [2.75, 3.05) is 26.3 Å². The third-order valence-electron chi connectivity index (χ3n) is 3.94. The summed E-state index contributed by atoms with van der Waals surface area (Å²) in [5.41, 5.74) is 3.62. The highest BCUT2D eigenvalue weighted by Crippen LogP contribution is 2.32. The first kappa shape index (κ1) is 13.8. The number of fused-ring (bicyclic) bond motifs is 1. The van der Waals surface area contributed by atoms with Gasteiger partial charge < -0.3 is 4.74 Å². The number of benzene rings is 1. The minimum absolute atomic E-state index is 0.848. The molecule has 4 nitrogen and oxygen atoms in total. The van der Waals surface area contributed by atoms with Crippen molar-refractivity contribution in [3.8, 4) is 10.4 Å². The number of hydrogen-bond donors (Lipinski definition) is 0. The second-order valence-electron chi connectivity index (χ2n) is 5.47. The van der Waals surface area contributed by atoms with Gasteiger partial charge in [-0.15, -0.1) is 11.3 Å². The van der Waals surface area contributed by atoms with Crippen LogP contribution in [-0.4, -0.2) is 41.2 Å². The summed E-state index contributed by atoms with van der Waals surface area (Å²) in [4.78, 5) is 12.1. The van der Waals surface area contributed by atoms with E-state index in [1.807, 2.05) is 6.20 Å². The van der Waals surface area contributed by atoms with Crippen LogP contribution in [0.25, 0.3) is 20.7 Å². The van der Waals surface area contributed by atoms with E-state index in [1.54, 1.807) is 17.7 Å². The summed E-state index contributed by atoms with van der Waals surface area (Å²) in [6, 6.07) is 11.0. The van der Waals surface area contributed by atoms with Crippen LogP contribution in [-0.2, 0) is 11.3 Å². The Bertz CT molecular complexity index is 730. The first-order valence-electron chi connectivity index (χ1n) is 7.47. The van der Waals surface area contributed by atoms with Gasteiger partial charge in [0.1, 0.15) is 6.33 Å². The van der Waals surface area contributed by atoms with E-state index < -0.39 is 0 Å². The van der Waals surface area contributed by atoms with Crippen molar-refractivity contribution < 1.29 is 4.74 Å². The molecule has 3 aromatic rings. The van der Waals surface area contributed by atoms with E-state index >= 15 is 0 Å². The van der Waals surface area contributed by atoms with Crippen LogP contribution in [0.15, 0.2) is 42.9 Å². The molecule has 1 aromatic carbocycles. The highest BCUT2D eigenvalue weighted by atomic mass is 32.1. The maximum atomic E-state index is 5.39. The Kier molecular flexibility index (Phi) is 3.84. The van der Waals surface area contributed by atoms with Crippen LogP contribution in [0.5, 0.6) is 0 Å².